The molecule has 2 rings (SSSR count). The van der Waals surface area contributed by atoms with E-state index in [1.165, 1.54) is 12.5 Å². The lowest BCUT2D eigenvalue weighted by Crippen LogP contribution is -2.31. The minimum absolute atomic E-state index is 0.0307. The first kappa shape index (κ1) is 13.1. The van der Waals surface area contributed by atoms with Gasteiger partial charge in [0.25, 0.3) is 5.69 Å². The van der Waals surface area contributed by atoms with Crippen molar-refractivity contribution in [1.29, 1.82) is 0 Å². The minimum atomic E-state index is -0.410. The zero-order valence-electron chi connectivity index (χ0n) is 10.2. The van der Waals surface area contributed by atoms with Gasteiger partial charge in [-0.3, -0.25) is 10.1 Å². The molecular formula is C12H16ClN3O2. The van der Waals surface area contributed by atoms with Crippen molar-refractivity contribution in [3.63, 3.8) is 0 Å². The molecule has 1 aliphatic rings. The average Bonchev–Trinajstić information content (AvgIpc) is 2.73. The second-order valence-corrected chi connectivity index (χ2v) is 4.96. The number of likely N-dealkylation sites (N-methyl/N-ethyl adjacent to an activating group) is 1. The summed E-state index contributed by atoms with van der Waals surface area (Å²) in [7, 11) is 2.07. The molecule has 98 valence electrons. The molecule has 1 saturated heterocycles. The van der Waals surface area contributed by atoms with Gasteiger partial charge in [0.2, 0.25) is 0 Å². The molecule has 18 heavy (non-hydrogen) atoms. The average molecular weight is 270 g/mol. The van der Waals surface area contributed by atoms with Crippen LogP contribution in [0.1, 0.15) is 12.8 Å². The van der Waals surface area contributed by atoms with Crippen LogP contribution in [-0.4, -0.2) is 36.0 Å². The lowest BCUT2D eigenvalue weighted by Gasteiger charge is -2.20. The highest BCUT2D eigenvalue weighted by Gasteiger charge is 2.22. The van der Waals surface area contributed by atoms with Gasteiger partial charge in [-0.25, -0.2) is 0 Å². The van der Waals surface area contributed by atoms with Gasteiger partial charge >= 0.3 is 0 Å². The molecule has 0 aromatic heterocycles. The first-order valence-corrected chi connectivity index (χ1v) is 6.34. The second kappa shape index (κ2) is 5.54. The van der Waals surface area contributed by atoms with Gasteiger partial charge in [-0.05, 0) is 32.5 Å². The largest absolute Gasteiger partial charge is 0.377 e. The Bertz CT molecular complexity index is 453. The summed E-state index contributed by atoms with van der Waals surface area (Å²) in [4.78, 5) is 12.8. The second-order valence-electron chi connectivity index (χ2n) is 4.55. The normalized spacial score (nSPS) is 20.0. The number of likely N-dealkylation sites (tertiary alicyclic amines) is 1. The Morgan fingerprint density at radius 1 is 1.61 bits per heavy atom. The van der Waals surface area contributed by atoms with Crippen molar-refractivity contribution in [2.45, 2.75) is 18.9 Å². The molecule has 0 bridgehead atoms. The van der Waals surface area contributed by atoms with Gasteiger partial charge in [0, 0.05) is 18.7 Å². The van der Waals surface area contributed by atoms with Gasteiger partial charge < -0.3 is 10.2 Å². The van der Waals surface area contributed by atoms with E-state index in [0.29, 0.717) is 23.3 Å². The standard InChI is InChI=1S/C12H16ClN3O2/c1-15-7-3-4-9(15)8-14-12-10(13)5-2-6-11(12)16(17)18/h2,5-6,9,14H,3-4,7-8H2,1H3. The molecule has 6 heteroatoms. The maximum atomic E-state index is 10.9. The summed E-state index contributed by atoms with van der Waals surface area (Å²) >= 11 is 6.01. The Morgan fingerprint density at radius 3 is 3.00 bits per heavy atom. The van der Waals surface area contributed by atoms with Crippen LogP contribution in [0.15, 0.2) is 18.2 Å². The SMILES string of the molecule is CN1CCCC1CNc1c(Cl)cccc1[N+](=O)[O-]. The molecule has 0 radical (unpaired) electrons. The minimum Gasteiger partial charge on any atom is -0.377 e. The van der Waals surface area contributed by atoms with Crippen LogP contribution in [0.25, 0.3) is 0 Å². The number of nitrogens with one attached hydrogen (secondary N) is 1. The zero-order valence-corrected chi connectivity index (χ0v) is 11.0. The van der Waals surface area contributed by atoms with Crippen molar-refractivity contribution in [3.8, 4) is 0 Å². The fourth-order valence-electron chi connectivity index (χ4n) is 2.30. The number of hydrogen-bond acceptors (Lipinski definition) is 4. The Hall–Kier alpha value is -1.33. The van der Waals surface area contributed by atoms with Gasteiger partial charge in [-0.2, -0.15) is 0 Å². The maximum Gasteiger partial charge on any atom is 0.293 e. The van der Waals surface area contributed by atoms with E-state index < -0.39 is 4.92 Å². The smallest absolute Gasteiger partial charge is 0.293 e. The van der Waals surface area contributed by atoms with Crippen LogP contribution in [0.4, 0.5) is 11.4 Å². The summed E-state index contributed by atoms with van der Waals surface area (Å²) in [6.45, 7) is 1.76. The van der Waals surface area contributed by atoms with E-state index in [2.05, 4.69) is 17.3 Å². The van der Waals surface area contributed by atoms with E-state index in [1.54, 1.807) is 12.1 Å². The van der Waals surface area contributed by atoms with Crippen molar-refractivity contribution in [3.05, 3.63) is 33.3 Å². The molecule has 1 aromatic carbocycles. The van der Waals surface area contributed by atoms with Crippen LogP contribution in [0.3, 0.4) is 0 Å². The molecule has 1 heterocycles. The van der Waals surface area contributed by atoms with E-state index in [9.17, 15) is 10.1 Å². The highest BCUT2D eigenvalue weighted by Crippen LogP contribution is 2.32. The fraction of sp³-hybridized carbons (Fsp3) is 0.500. The topological polar surface area (TPSA) is 58.4 Å². The number of rotatable bonds is 4. The molecule has 0 amide bonds. The highest BCUT2D eigenvalue weighted by atomic mass is 35.5. The number of nitrogens with zero attached hydrogens (tertiary/aromatic N) is 2. The van der Waals surface area contributed by atoms with Crippen LogP contribution in [0.5, 0.6) is 0 Å². The van der Waals surface area contributed by atoms with E-state index in [4.69, 9.17) is 11.6 Å². The van der Waals surface area contributed by atoms with Gasteiger partial charge in [0.05, 0.1) is 9.95 Å². The first-order chi connectivity index (χ1) is 8.59. The van der Waals surface area contributed by atoms with Crippen molar-refractivity contribution in [1.82, 2.24) is 4.90 Å². The Balaban J connectivity index is 2.11. The predicted octanol–water partition coefficient (Wildman–Crippen LogP) is 2.75. The molecule has 1 aliphatic heterocycles. The van der Waals surface area contributed by atoms with Crippen LogP contribution < -0.4 is 5.32 Å². The Labute approximate surface area is 111 Å². The number of para-hydroxylation sites is 1. The van der Waals surface area contributed by atoms with Crippen LogP contribution >= 0.6 is 11.6 Å². The van der Waals surface area contributed by atoms with Crippen LogP contribution in [0, 0.1) is 10.1 Å². The number of halogens is 1. The maximum absolute atomic E-state index is 10.9. The molecule has 1 atom stereocenters. The summed E-state index contributed by atoms with van der Waals surface area (Å²) in [6, 6.07) is 5.13. The van der Waals surface area contributed by atoms with Gasteiger partial charge in [-0.15, -0.1) is 0 Å². The number of nitro benzene ring substituents is 1. The number of benzene rings is 1. The molecule has 0 saturated carbocycles. The number of hydrogen-bond donors (Lipinski definition) is 1. The molecule has 0 spiro atoms. The van der Waals surface area contributed by atoms with Crippen molar-refractivity contribution in [2.24, 2.45) is 0 Å². The summed E-state index contributed by atoms with van der Waals surface area (Å²) < 4.78 is 0. The lowest BCUT2D eigenvalue weighted by atomic mass is 10.2. The summed E-state index contributed by atoms with van der Waals surface area (Å²) in [6.07, 6.45) is 2.29. The molecule has 1 unspecified atom stereocenters. The lowest BCUT2D eigenvalue weighted by molar-refractivity contribution is -0.383. The van der Waals surface area contributed by atoms with E-state index in [1.807, 2.05) is 0 Å². The third-order valence-corrected chi connectivity index (χ3v) is 3.69. The quantitative estimate of drug-likeness (QED) is 0.674. The zero-order chi connectivity index (χ0) is 13.1. The van der Waals surface area contributed by atoms with Gasteiger partial charge in [0.1, 0.15) is 5.69 Å². The Morgan fingerprint density at radius 2 is 2.39 bits per heavy atom. The number of nitro groups is 1. The fourth-order valence-corrected chi connectivity index (χ4v) is 2.53. The van der Waals surface area contributed by atoms with Crippen LogP contribution in [0.2, 0.25) is 5.02 Å². The van der Waals surface area contributed by atoms with Gasteiger partial charge in [0.15, 0.2) is 0 Å². The third-order valence-electron chi connectivity index (χ3n) is 3.37. The van der Waals surface area contributed by atoms with Crippen LogP contribution in [-0.2, 0) is 0 Å². The molecular weight excluding hydrogens is 254 g/mol. The summed E-state index contributed by atoms with van der Waals surface area (Å²) in [5.41, 5.74) is 0.451. The molecule has 0 aliphatic carbocycles. The van der Waals surface area contributed by atoms with Crippen molar-refractivity contribution < 1.29 is 4.92 Å². The van der Waals surface area contributed by atoms with E-state index >= 15 is 0 Å². The monoisotopic (exact) mass is 269 g/mol. The van der Waals surface area contributed by atoms with Crippen molar-refractivity contribution >= 4 is 23.0 Å². The molecule has 1 aromatic rings. The highest BCUT2D eigenvalue weighted by molar-refractivity contribution is 6.33. The summed E-state index contributed by atoms with van der Waals surface area (Å²) in [5, 5.41) is 14.4. The third kappa shape index (κ3) is 2.73. The van der Waals surface area contributed by atoms with E-state index in [-0.39, 0.29) is 5.69 Å². The molecule has 1 N–H and O–H groups in total. The van der Waals surface area contributed by atoms with E-state index in [0.717, 1.165) is 13.0 Å². The Kier molecular flexibility index (Phi) is 4.04. The summed E-state index contributed by atoms with van der Waals surface area (Å²) in [5.74, 6) is 0. The van der Waals surface area contributed by atoms with Crippen molar-refractivity contribution in [2.75, 3.05) is 25.5 Å². The van der Waals surface area contributed by atoms with Gasteiger partial charge in [-0.1, -0.05) is 17.7 Å². The molecule has 5 nitrogen and oxygen atoms in total. The number of anilines is 1. The predicted molar refractivity (Wildman–Crippen MR) is 72.2 cm³/mol. The molecule has 1 fully saturated rings. The first-order valence-electron chi connectivity index (χ1n) is 5.96.